The minimum absolute atomic E-state index is 0.162. The van der Waals surface area contributed by atoms with Crippen LogP contribution in [0.4, 0.5) is 0 Å². The Morgan fingerprint density at radius 2 is 1.83 bits per heavy atom. The fourth-order valence-electron chi connectivity index (χ4n) is 1.98. The van der Waals surface area contributed by atoms with Crippen molar-refractivity contribution in [1.82, 2.24) is 4.83 Å². The SMILES string of the molecule is CCOc1cc(/C=N/NS(=O)(=O)c2ccc(C)cc2)ccc1OC. The summed E-state index contributed by atoms with van der Waals surface area (Å²) in [5, 5.41) is 3.81. The molecule has 128 valence electrons. The molecule has 0 saturated carbocycles. The van der Waals surface area contributed by atoms with Crippen molar-refractivity contribution in [1.29, 1.82) is 0 Å². The van der Waals surface area contributed by atoms with Gasteiger partial charge in [0.05, 0.1) is 24.8 Å². The van der Waals surface area contributed by atoms with Crippen molar-refractivity contribution in [2.45, 2.75) is 18.7 Å². The van der Waals surface area contributed by atoms with E-state index in [2.05, 4.69) is 9.93 Å². The van der Waals surface area contributed by atoms with Gasteiger partial charge in [0.25, 0.3) is 10.0 Å². The van der Waals surface area contributed by atoms with Crippen molar-refractivity contribution in [3.8, 4) is 11.5 Å². The van der Waals surface area contributed by atoms with Crippen LogP contribution in [0.2, 0.25) is 0 Å². The highest BCUT2D eigenvalue weighted by atomic mass is 32.2. The van der Waals surface area contributed by atoms with Gasteiger partial charge in [0.15, 0.2) is 11.5 Å². The third kappa shape index (κ3) is 4.48. The zero-order valence-corrected chi connectivity index (χ0v) is 14.6. The quantitative estimate of drug-likeness (QED) is 0.616. The Bertz CT molecular complexity index is 815. The number of methoxy groups -OCH3 is 1. The summed E-state index contributed by atoms with van der Waals surface area (Å²) >= 11 is 0. The minimum atomic E-state index is -3.68. The molecule has 0 aliphatic carbocycles. The summed E-state index contributed by atoms with van der Waals surface area (Å²) in [6, 6.07) is 11.8. The molecular formula is C17H20N2O4S. The second-order valence-corrected chi connectivity index (χ2v) is 6.67. The van der Waals surface area contributed by atoms with Crippen LogP contribution in [0.1, 0.15) is 18.1 Å². The molecule has 0 fully saturated rings. The average Bonchev–Trinajstić information content (AvgIpc) is 2.56. The van der Waals surface area contributed by atoms with Crippen LogP contribution in [0.15, 0.2) is 52.5 Å². The summed E-state index contributed by atoms with van der Waals surface area (Å²) in [4.78, 5) is 2.35. The van der Waals surface area contributed by atoms with Gasteiger partial charge in [-0.3, -0.25) is 0 Å². The number of nitrogens with zero attached hydrogens (tertiary/aromatic N) is 1. The van der Waals surface area contributed by atoms with Crippen LogP contribution in [0, 0.1) is 6.92 Å². The van der Waals surface area contributed by atoms with Crippen LogP contribution in [0.3, 0.4) is 0 Å². The topological polar surface area (TPSA) is 77.0 Å². The van der Waals surface area contributed by atoms with E-state index in [1.807, 2.05) is 13.8 Å². The number of rotatable bonds is 7. The molecule has 2 aromatic carbocycles. The summed E-state index contributed by atoms with van der Waals surface area (Å²) in [6.07, 6.45) is 1.41. The molecule has 0 bridgehead atoms. The summed E-state index contributed by atoms with van der Waals surface area (Å²) in [5.74, 6) is 1.18. The normalized spacial score (nSPS) is 11.5. The molecule has 2 rings (SSSR count). The first-order valence-corrected chi connectivity index (χ1v) is 8.87. The molecule has 7 heteroatoms. The molecule has 6 nitrogen and oxygen atoms in total. The predicted octanol–water partition coefficient (Wildman–Crippen LogP) is 2.71. The number of hydrazone groups is 1. The van der Waals surface area contributed by atoms with E-state index in [1.165, 1.54) is 18.3 Å². The van der Waals surface area contributed by atoms with E-state index in [4.69, 9.17) is 9.47 Å². The van der Waals surface area contributed by atoms with Gasteiger partial charge in [-0.25, -0.2) is 4.83 Å². The Balaban J connectivity index is 2.13. The molecule has 0 heterocycles. The van der Waals surface area contributed by atoms with E-state index in [-0.39, 0.29) is 4.90 Å². The Hall–Kier alpha value is -2.54. The van der Waals surface area contributed by atoms with Gasteiger partial charge in [-0.05, 0) is 49.7 Å². The molecule has 0 atom stereocenters. The lowest BCUT2D eigenvalue weighted by molar-refractivity contribution is 0.311. The number of sulfonamides is 1. The standard InChI is InChI=1S/C17H20N2O4S/c1-4-23-17-11-14(7-10-16(17)22-3)12-18-19-24(20,21)15-8-5-13(2)6-9-15/h5-12,19H,4H2,1-3H3/b18-12+. The van der Waals surface area contributed by atoms with Gasteiger partial charge in [0, 0.05) is 0 Å². The van der Waals surface area contributed by atoms with Crippen LogP contribution in [0.5, 0.6) is 11.5 Å². The number of hydrogen-bond acceptors (Lipinski definition) is 5. The van der Waals surface area contributed by atoms with Gasteiger partial charge >= 0.3 is 0 Å². The first-order valence-electron chi connectivity index (χ1n) is 7.38. The van der Waals surface area contributed by atoms with Gasteiger partial charge < -0.3 is 9.47 Å². The zero-order valence-electron chi connectivity index (χ0n) is 13.8. The minimum Gasteiger partial charge on any atom is -0.493 e. The Morgan fingerprint density at radius 1 is 1.12 bits per heavy atom. The maximum absolute atomic E-state index is 12.1. The Morgan fingerprint density at radius 3 is 2.46 bits per heavy atom. The van der Waals surface area contributed by atoms with E-state index in [9.17, 15) is 8.42 Å². The van der Waals surface area contributed by atoms with Crippen molar-refractivity contribution < 1.29 is 17.9 Å². The van der Waals surface area contributed by atoms with E-state index in [0.29, 0.717) is 23.7 Å². The molecule has 0 aliphatic rings. The lowest BCUT2D eigenvalue weighted by Crippen LogP contribution is -2.18. The molecule has 0 saturated heterocycles. The molecule has 0 radical (unpaired) electrons. The molecule has 0 aromatic heterocycles. The highest BCUT2D eigenvalue weighted by Gasteiger charge is 2.11. The van der Waals surface area contributed by atoms with Gasteiger partial charge in [-0.2, -0.15) is 13.5 Å². The Kier molecular flexibility index (Phi) is 5.81. The molecule has 0 unspecified atom stereocenters. The average molecular weight is 348 g/mol. The summed E-state index contributed by atoms with van der Waals surface area (Å²) in [5.41, 5.74) is 1.67. The fourth-order valence-corrected chi connectivity index (χ4v) is 2.77. The maximum atomic E-state index is 12.1. The third-order valence-electron chi connectivity index (χ3n) is 3.21. The van der Waals surface area contributed by atoms with Crippen molar-refractivity contribution in [2.75, 3.05) is 13.7 Å². The Labute approximate surface area is 142 Å². The van der Waals surface area contributed by atoms with Crippen molar-refractivity contribution >= 4 is 16.2 Å². The first kappa shape index (κ1) is 17.8. The van der Waals surface area contributed by atoms with Crippen LogP contribution in [0.25, 0.3) is 0 Å². The van der Waals surface area contributed by atoms with Gasteiger partial charge in [-0.15, -0.1) is 0 Å². The lowest BCUT2D eigenvalue weighted by atomic mass is 10.2. The maximum Gasteiger partial charge on any atom is 0.276 e. The molecule has 0 amide bonds. The van der Waals surface area contributed by atoms with Crippen LogP contribution >= 0.6 is 0 Å². The van der Waals surface area contributed by atoms with Crippen LogP contribution in [-0.2, 0) is 10.0 Å². The van der Waals surface area contributed by atoms with Crippen molar-refractivity contribution in [3.05, 3.63) is 53.6 Å². The highest BCUT2D eigenvalue weighted by Crippen LogP contribution is 2.27. The summed E-state index contributed by atoms with van der Waals surface area (Å²) < 4.78 is 34.9. The molecule has 24 heavy (non-hydrogen) atoms. The van der Waals surface area contributed by atoms with E-state index in [0.717, 1.165) is 5.56 Å². The predicted molar refractivity (Wildman–Crippen MR) is 93.3 cm³/mol. The van der Waals surface area contributed by atoms with Gasteiger partial charge in [-0.1, -0.05) is 17.7 Å². The number of hydrogen-bond donors (Lipinski definition) is 1. The number of nitrogens with one attached hydrogen (secondary N) is 1. The summed E-state index contributed by atoms with van der Waals surface area (Å²) in [6.45, 7) is 4.26. The van der Waals surface area contributed by atoms with Crippen molar-refractivity contribution in [3.63, 3.8) is 0 Å². The second kappa shape index (κ2) is 7.83. The number of ether oxygens (including phenoxy) is 2. The highest BCUT2D eigenvalue weighted by molar-refractivity contribution is 7.89. The molecule has 1 N–H and O–H groups in total. The second-order valence-electron chi connectivity index (χ2n) is 5.01. The first-order chi connectivity index (χ1) is 11.5. The van der Waals surface area contributed by atoms with Crippen LogP contribution in [-0.4, -0.2) is 28.3 Å². The summed E-state index contributed by atoms with van der Waals surface area (Å²) in [7, 11) is -2.13. The van der Waals surface area contributed by atoms with Crippen molar-refractivity contribution in [2.24, 2.45) is 5.10 Å². The molecule has 0 spiro atoms. The van der Waals surface area contributed by atoms with E-state index >= 15 is 0 Å². The molecule has 2 aromatic rings. The monoisotopic (exact) mass is 348 g/mol. The van der Waals surface area contributed by atoms with Crippen LogP contribution < -0.4 is 14.3 Å². The zero-order chi connectivity index (χ0) is 17.6. The number of benzene rings is 2. The lowest BCUT2D eigenvalue weighted by Gasteiger charge is -2.09. The smallest absolute Gasteiger partial charge is 0.276 e. The van der Waals surface area contributed by atoms with Gasteiger partial charge in [0.1, 0.15) is 0 Å². The fraction of sp³-hybridized carbons (Fsp3) is 0.235. The largest absolute Gasteiger partial charge is 0.493 e. The number of aryl methyl sites for hydroxylation is 1. The third-order valence-corrected chi connectivity index (χ3v) is 4.44. The van der Waals surface area contributed by atoms with E-state index < -0.39 is 10.0 Å². The van der Waals surface area contributed by atoms with E-state index in [1.54, 1.807) is 37.4 Å². The molecule has 0 aliphatic heterocycles. The molecular weight excluding hydrogens is 328 g/mol. The van der Waals surface area contributed by atoms with Gasteiger partial charge in [0.2, 0.25) is 0 Å².